The lowest BCUT2D eigenvalue weighted by atomic mass is 9.96. The molecule has 0 aromatic carbocycles. The van der Waals surface area contributed by atoms with Crippen LogP contribution in [0, 0.1) is 0 Å². The van der Waals surface area contributed by atoms with E-state index in [0.717, 1.165) is 0 Å². The van der Waals surface area contributed by atoms with E-state index >= 15 is 0 Å². The lowest BCUT2D eigenvalue weighted by Gasteiger charge is -2.26. The predicted octanol–water partition coefficient (Wildman–Crippen LogP) is 2.03. The molecule has 1 atom stereocenters. The summed E-state index contributed by atoms with van der Waals surface area (Å²) >= 11 is 3.81. The first-order valence-corrected chi connectivity index (χ1v) is 7.40. The van der Waals surface area contributed by atoms with Crippen LogP contribution in [0.15, 0.2) is 0 Å². The van der Waals surface area contributed by atoms with E-state index in [-0.39, 0.29) is 11.0 Å². The third-order valence-electron chi connectivity index (χ3n) is 2.70. The van der Waals surface area contributed by atoms with Crippen LogP contribution in [0.1, 0.15) is 53.9 Å². The molecule has 0 fully saturated rings. The maximum absolute atomic E-state index is 11.5. The van der Waals surface area contributed by atoms with Gasteiger partial charge in [-0.25, -0.2) is 4.79 Å². The summed E-state index contributed by atoms with van der Waals surface area (Å²) in [4.78, 5) is 34.0. The summed E-state index contributed by atoms with van der Waals surface area (Å²) in [5.74, 6) is -0.272. The molecule has 2 N–H and O–H groups in total. The van der Waals surface area contributed by atoms with Gasteiger partial charge in [0.05, 0.1) is 0 Å². The summed E-state index contributed by atoms with van der Waals surface area (Å²) in [5, 5.41) is 4.88. The Balaban J connectivity index is 4.05. The van der Waals surface area contributed by atoms with Crippen molar-refractivity contribution in [3.63, 3.8) is 0 Å². The van der Waals surface area contributed by atoms with Crippen molar-refractivity contribution in [3.8, 4) is 0 Å². The molecule has 0 aliphatic carbocycles. The SMILES string of the molecule is CC(=O)N[C@](C)(CCCCNC(=O)OC(C)(C)C)C(=O)S. The Hall–Kier alpha value is -1.24. The van der Waals surface area contributed by atoms with E-state index in [4.69, 9.17) is 4.74 Å². The molecule has 0 bridgehead atoms. The van der Waals surface area contributed by atoms with E-state index in [1.165, 1.54) is 6.92 Å². The molecular weight excluding hydrogens is 292 g/mol. The fraction of sp³-hybridized carbons (Fsp3) is 0.786. The molecule has 0 rings (SSSR count). The van der Waals surface area contributed by atoms with Gasteiger partial charge in [0.1, 0.15) is 11.1 Å². The minimum atomic E-state index is -0.971. The van der Waals surface area contributed by atoms with Crippen molar-refractivity contribution in [1.29, 1.82) is 0 Å². The van der Waals surface area contributed by atoms with Crippen molar-refractivity contribution in [2.75, 3.05) is 6.54 Å². The number of hydrogen-bond acceptors (Lipinski definition) is 4. The molecule has 0 heterocycles. The summed E-state index contributed by atoms with van der Waals surface area (Å²) in [6.07, 6.45) is 1.34. The van der Waals surface area contributed by atoms with Gasteiger partial charge in [-0.3, -0.25) is 9.59 Å². The third-order valence-corrected chi connectivity index (χ3v) is 3.19. The van der Waals surface area contributed by atoms with Crippen molar-refractivity contribution in [1.82, 2.24) is 10.6 Å². The molecule has 0 aromatic rings. The van der Waals surface area contributed by atoms with Crippen LogP contribution in [-0.4, -0.2) is 34.8 Å². The van der Waals surface area contributed by atoms with Crippen molar-refractivity contribution in [2.24, 2.45) is 0 Å². The van der Waals surface area contributed by atoms with Gasteiger partial charge in [-0.2, -0.15) is 0 Å². The van der Waals surface area contributed by atoms with Gasteiger partial charge in [-0.15, -0.1) is 12.6 Å². The van der Waals surface area contributed by atoms with E-state index in [0.29, 0.717) is 25.8 Å². The highest BCUT2D eigenvalue weighted by atomic mass is 32.1. The minimum Gasteiger partial charge on any atom is -0.444 e. The summed E-state index contributed by atoms with van der Waals surface area (Å²) in [6.45, 7) is 8.84. The molecule has 2 amide bonds. The first-order valence-electron chi connectivity index (χ1n) is 6.95. The first-order chi connectivity index (χ1) is 9.46. The maximum Gasteiger partial charge on any atom is 0.407 e. The van der Waals surface area contributed by atoms with Crippen molar-refractivity contribution < 1.29 is 19.1 Å². The molecule has 0 aliphatic heterocycles. The lowest BCUT2D eigenvalue weighted by molar-refractivity contribution is -0.126. The normalized spacial score (nSPS) is 14.0. The van der Waals surface area contributed by atoms with Gasteiger partial charge >= 0.3 is 6.09 Å². The number of nitrogens with one attached hydrogen (secondary N) is 2. The largest absolute Gasteiger partial charge is 0.444 e. The molecule has 6 nitrogen and oxygen atoms in total. The molecule has 0 aliphatic rings. The van der Waals surface area contributed by atoms with Crippen molar-refractivity contribution in [2.45, 2.75) is 65.0 Å². The van der Waals surface area contributed by atoms with E-state index in [2.05, 4.69) is 23.3 Å². The molecule has 0 radical (unpaired) electrons. The molecule has 21 heavy (non-hydrogen) atoms. The molecule has 0 spiro atoms. The minimum absolute atomic E-state index is 0.272. The molecule has 0 saturated heterocycles. The summed E-state index contributed by atoms with van der Waals surface area (Å²) in [6, 6.07) is 0. The fourth-order valence-corrected chi connectivity index (χ4v) is 1.89. The van der Waals surface area contributed by atoms with Gasteiger partial charge in [0.25, 0.3) is 0 Å². The van der Waals surface area contributed by atoms with Gasteiger partial charge in [-0.1, -0.05) is 0 Å². The smallest absolute Gasteiger partial charge is 0.407 e. The molecule has 0 aromatic heterocycles. The highest BCUT2D eigenvalue weighted by molar-refractivity contribution is 7.96. The number of carbonyl (C=O) groups excluding carboxylic acids is 3. The Labute approximate surface area is 131 Å². The standard InChI is InChI=1S/C14H26N2O4S/c1-10(17)16-14(5,11(18)21)8-6-7-9-15-12(19)20-13(2,3)4/h6-9H2,1-5H3,(H,15,19)(H,16,17)(H,18,21)/t14-/m1/s1. The highest BCUT2D eigenvalue weighted by Gasteiger charge is 2.30. The summed E-state index contributed by atoms with van der Waals surface area (Å²) in [7, 11) is 0. The van der Waals surface area contributed by atoms with Crippen LogP contribution in [-0.2, 0) is 14.3 Å². The average Bonchev–Trinajstić information content (AvgIpc) is 2.24. The summed E-state index contributed by atoms with van der Waals surface area (Å²) in [5.41, 5.74) is -1.49. The Morgan fingerprint density at radius 3 is 2.10 bits per heavy atom. The van der Waals surface area contributed by atoms with Gasteiger partial charge < -0.3 is 15.4 Å². The molecule has 7 heteroatoms. The molecule has 0 unspecified atom stereocenters. The number of hydrogen-bond donors (Lipinski definition) is 3. The number of ether oxygens (including phenoxy) is 1. The zero-order valence-electron chi connectivity index (χ0n) is 13.4. The number of rotatable bonds is 7. The number of thiol groups is 1. The zero-order valence-corrected chi connectivity index (χ0v) is 14.3. The van der Waals surface area contributed by atoms with Crippen LogP contribution in [0.3, 0.4) is 0 Å². The van der Waals surface area contributed by atoms with Crippen LogP contribution in [0.4, 0.5) is 4.79 Å². The number of carbonyl (C=O) groups is 3. The second kappa shape index (κ2) is 8.26. The molecule has 122 valence electrons. The Morgan fingerprint density at radius 2 is 1.67 bits per heavy atom. The van der Waals surface area contributed by atoms with Crippen LogP contribution < -0.4 is 10.6 Å². The quantitative estimate of drug-likeness (QED) is 0.495. The summed E-state index contributed by atoms with van der Waals surface area (Å²) < 4.78 is 5.10. The monoisotopic (exact) mass is 318 g/mol. The third kappa shape index (κ3) is 9.33. The Bertz CT molecular complexity index is 393. The number of unbranched alkanes of at least 4 members (excludes halogenated alkanes) is 1. The van der Waals surface area contributed by atoms with Crippen molar-refractivity contribution >= 4 is 29.7 Å². The first kappa shape index (κ1) is 19.8. The van der Waals surface area contributed by atoms with Gasteiger partial charge in [0.15, 0.2) is 0 Å². The highest BCUT2D eigenvalue weighted by Crippen LogP contribution is 2.17. The second-order valence-corrected chi connectivity index (χ2v) is 6.61. The van der Waals surface area contributed by atoms with Crippen LogP contribution in [0.5, 0.6) is 0 Å². The fourth-order valence-electron chi connectivity index (χ4n) is 1.72. The Kier molecular flexibility index (Phi) is 7.78. The number of alkyl carbamates (subject to hydrolysis) is 1. The van der Waals surface area contributed by atoms with Crippen LogP contribution in [0.25, 0.3) is 0 Å². The van der Waals surface area contributed by atoms with Gasteiger partial charge in [0, 0.05) is 13.5 Å². The second-order valence-electron chi connectivity index (χ2n) is 6.20. The van der Waals surface area contributed by atoms with E-state index in [1.807, 2.05) is 0 Å². The molecular formula is C14H26N2O4S. The lowest BCUT2D eigenvalue weighted by Crippen LogP contribution is -2.49. The molecule has 0 saturated carbocycles. The Morgan fingerprint density at radius 1 is 1.10 bits per heavy atom. The van der Waals surface area contributed by atoms with Crippen molar-refractivity contribution in [3.05, 3.63) is 0 Å². The van der Waals surface area contributed by atoms with Gasteiger partial charge in [-0.05, 0) is 47.0 Å². The maximum atomic E-state index is 11.5. The number of amides is 2. The van der Waals surface area contributed by atoms with Gasteiger partial charge in [0.2, 0.25) is 11.0 Å². The predicted molar refractivity (Wildman–Crippen MR) is 84.3 cm³/mol. The average molecular weight is 318 g/mol. The van der Waals surface area contributed by atoms with E-state index in [1.54, 1.807) is 27.7 Å². The zero-order chi connectivity index (χ0) is 16.7. The van der Waals surface area contributed by atoms with E-state index in [9.17, 15) is 14.4 Å². The topological polar surface area (TPSA) is 84.5 Å². The van der Waals surface area contributed by atoms with Crippen LogP contribution in [0.2, 0.25) is 0 Å². The van der Waals surface area contributed by atoms with Crippen LogP contribution >= 0.6 is 12.6 Å². The van der Waals surface area contributed by atoms with E-state index < -0.39 is 17.2 Å².